The Bertz CT molecular complexity index is 1000. The van der Waals surface area contributed by atoms with E-state index < -0.39 is 0 Å². The van der Waals surface area contributed by atoms with E-state index in [2.05, 4.69) is 15.5 Å². The highest BCUT2D eigenvalue weighted by atomic mass is 19.1. The molecule has 7 heteroatoms. The van der Waals surface area contributed by atoms with Crippen molar-refractivity contribution < 1.29 is 14.0 Å². The molecule has 1 aliphatic heterocycles. The Hall–Kier alpha value is -3.48. The van der Waals surface area contributed by atoms with E-state index in [9.17, 15) is 14.0 Å². The Balaban J connectivity index is 1.39. The molecular formula is C22H21FN4O2. The van der Waals surface area contributed by atoms with E-state index in [4.69, 9.17) is 0 Å². The van der Waals surface area contributed by atoms with Crippen LogP contribution in [-0.2, 0) is 4.79 Å². The van der Waals surface area contributed by atoms with Crippen molar-refractivity contribution in [3.05, 3.63) is 72.3 Å². The number of rotatable bonds is 4. The molecule has 0 saturated carbocycles. The van der Waals surface area contributed by atoms with E-state index in [-0.39, 0.29) is 23.5 Å². The maximum atomic E-state index is 13.4. The fourth-order valence-electron chi connectivity index (χ4n) is 3.58. The minimum Gasteiger partial charge on any atom is -0.338 e. The van der Waals surface area contributed by atoms with Gasteiger partial charge in [0.1, 0.15) is 5.82 Å². The summed E-state index contributed by atoms with van der Waals surface area (Å²) in [6.07, 6.45) is 4.57. The molecule has 1 aromatic heterocycles. The van der Waals surface area contributed by atoms with Gasteiger partial charge in [-0.25, -0.2) is 4.39 Å². The number of benzene rings is 2. The first kappa shape index (κ1) is 18.9. The van der Waals surface area contributed by atoms with Crippen LogP contribution in [0.4, 0.5) is 10.1 Å². The molecule has 0 unspecified atom stereocenters. The van der Waals surface area contributed by atoms with Gasteiger partial charge in [0.05, 0.1) is 17.7 Å². The molecule has 148 valence electrons. The number of anilines is 1. The number of amides is 2. The number of likely N-dealkylation sites (tertiary alicyclic amines) is 1. The molecule has 0 spiro atoms. The molecule has 2 amide bonds. The Morgan fingerprint density at radius 2 is 1.97 bits per heavy atom. The Kier molecular flexibility index (Phi) is 5.37. The van der Waals surface area contributed by atoms with Gasteiger partial charge in [-0.15, -0.1) is 0 Å². The summed E-state index contributed by atoms with van der Waals surface area (Å²) < 4.78 is 13.4. The van der Waals surface area contributed by atoms with E-state index in [0.29, 0.717) is 24.3 Å². The predicted octanol–water partition coefficient (Wildman–Crippen LogP) is 3.71. The molecule has 0 aliphatic carbocycles. The van der Waals surface area contributed by atoms with Gasteiger partial charge in [-0.1, -0.05) is 24.3 Å². The lowest BCUT2D eigenvalue weighted by atomic mass is 9.96. The zero-order valence-corrected chi connectivity index (χ0v) is 15.8. The number of nitrogens with one attached hydrogen (secondary N) is 2. The van der Waals surface area contributed by atoms with Crippen molar-refractivity contribution >= 4 is 17.5 Å². The minimum atomic E-state index is -0.285. The normalized spacial score (nSPS) is 16.4. The SMILES string of the molecule is O=C(Nc1ccc(-c2cccc(F)c2)cc1)[C@@H]1CCCN(C(=O)c2cn[nH]c2)C1. The zero-order chi connectivity index (χ0) is 20.2. The number of carbonyl (C=O) groups excluding carboxylic acids is 2. The summed E-state index contributed by atoms with van der Waals surface area (Å²) in [5.74, 6) is -0.766. The van der Waals surface area contributed by atoms with Crippen LogP contribution in [0.5, 0.6) is 0 Å². The van der Waals surface area contributed by atoms with Crippen molar-refractivity contribution in [2.24, 2.45) is 5.92 Å². The van der Waals surface area contributed by atoms with Crippen LogP contribution in [0.1, 0.15) is 23.2 Å². The van der Waals surface area contributed by atoms with E-state index in [0.717, 1.165) is 24.0 Å². The molecule has 2 aromatic carbocycles. The van der Waals surface area contributed by atoms with Crippen molar-refractivity contribution in [3.63, 3.8) is 0 Å². The molecule has 0 bridgehead atoms. The lowest BCUT2D eigenvalue weighted by Crippen LogP contribution is -2.43. The lowest BCUT2D eigenvalue weighted by molar-refractivity contribution is -0.121. The Morgan fingerprint density at radius 3 is 2.69 bits per heavy atom. The van der Waals surface area contributed by atoms with Gasteiger partial charge in [0.2, 0.25) is 5.91 Å². The maximum absolute atomic E-state index is 13.4. The smallest absolute Gasteiger partial charge is 0.257 e. The molecule has 1 saturated heterocycles. The van der Waals surface area contributed by atoms with Gasteiger partial charge in [-0.2, -0.15) is 5.10 Å². The molecule has 2 N–H and O–H groups in total. The first-order valence-electron chi connectivity index (χ1n) is 9.55. The Labute approximate surface area is 167 Å². The number of halogens is 1. The summed E-state index contributed by atoms with van der Waals surface area (Å²) >= 11 is 0. The third kappa shape index (κ3) is 4.34. The third-order valence-electron chi connectivity index (χ3n) is 5.13. The number of hydrogen-bond donors (Lipinski definition) is 2. The largest absolute Gasteiger partial charge is 0.338 e. The first-order valence-corrected chi connectivity index (χ1v) is 9.55. The van der Waals surface area contributed by atoms with Crippen LogP contribution in [0, 0.1) is 11.7 Å². The molecule has 1 atom stereocenters. The summed E-state index contributed by atoms with van der Waals surface area (Å²) in [6.45, 7) is 1.02. The standard InChI is InChI=1S/C22H21FN4O2/c23-19-5-1-3-16(11-19)15-6-8-20(9-7-15)26-21(28)17-4-2-10-27(14-17)22(29)18-12-24-25-13-18/h1,3,5-9,11-13,17H,2,4,10,14H2,(H,24,25)(H,26,28)/t17-/m1/s1. The average Bonchev–Trinajstić information content (AvgIpc) is 3.29. The number of H-pyrrole nitrogens is 1. The molecule has 6 nitrogen and oxygen atoms in total. The van der Waals surface area contributed by atoms with Gasteiger partial charge in [0, 0.05) is 25.0 Å². The van der Waals surface area contributed by atoms with Gasteiger partial charge >= 0.3 is 0 Å². The van der Waals surface area contributed by atoms with Crippen LogP contribution in [0.25, 0.3) is 11.1 Å². The van der Waals surface area contributed by atoms with Gasteiger partial charge in [0.15, 0.2) is 0 Å². The predicted molar refractivity (Wildman–Crippen MR) is 108 cm³/mol. The lowest BCUT2D eigenvalue weighted by Gasteiger charge is -2.31. The molecule has 1 aliphatic rings. The zero-order valence-electron chi connectivity index (χ0n) is 15.8. The third-order valence-corrected chi connectivity index (χ3v) is 5.13. The highest BCUT2D eigenvalue weighted by molar-refractivity contribution is 5.96. The second-order valence-electron chi connectivity index (χ2n) is 7.15. The Morgan fingerprint density at radius 1 is 1.14 bits per heavy atom. The van der Waals surface area contributed by atoms with Crippen LogP contribution < -0.4 is 5.32 Å². The molecule has 1 fully saturated rings. The molecular weight excluding hydrogens is 371 g/mol. The number of aromatic amines is 1. The topological polar surface area (TPSA) is 78.1 Å². The number of carbonyl (C=O) groups is 2. The highest BCUT2D eigenvalue weighted by Gasteiger charge is 2.29. The maximum Gasteiger partial charge on any atom is 0.257 e. The van der Waals surface area contributed by atoms with E-state index >= 15 is 0 Å². The second-order valence-corrected chi connectivity index (χ2v) is 7.15. The fraction of sp³-hybridized carbons (Fsp3) is 0.227. The van der Waals surface area contributed by atoms with Gasteiger partial charge < -0.3 is 10.2 Å². The van der Waals surface area contributed by atoms with E-state index in [1.165, 1.54) is 18.3 Å². The molecule has 4 rings (SSSR count). The van der Waals surface area contributed by atoms with Crippen LogP contribution in [0.2, 0.25) is 0 Å². The number of nitrogens with zero attached hydrogens (tertiary/aromatic N) is 2. The molecule has 0 radical (unpaired) electrons. The summed E-state index contributed by atoms with van der Waals surface area (Å²) in [5.41, 5.74) is 2.83. The van der Waals surface area contributed by atoms with Gasteiger partial charge in [0.25, 0.3) is 5.91 Å². The summed E-state index contributed by atoms with van der Waals surface area (Å²) in [6, 6.07) is 13.7. The van der Waals surface area contributed by atoms with E-state index in [1.54, 1.807) is 29.3 Å². The highest BCUT2D eigenvalue weighted by Crippen LogP contribution is 2.24. The van der Waals surface area contributed by atoms with E-state index in [1.807, 2.05) is 18.2 Å². The first-order chi connectivity index (χ1) is 14.1. The van der Waals surface area contributed by atoms with Crippen LogP contribution in [0.15, 0.2) is 60.9 Å². The van der Waals surface area contributed by atoms with Crippen molar-refractivity contribution in [2.75, 3.05) is 18.4 Å². The fourth-order valence-corrected chi connectivity index (χ4v) is 3.58. The average molecular weight is 392 g/mol. The summed E-state index contributed by atoms with van der Waals surface area (Å²) in [5, 5.41) is 9.37. The molecule has 29 heavy (non-hydrogen) atoms. The van der Waals surface area contributed by atoms with Gasteiger partial charge in [-0.3, -0.25) is 14.7 Å². The second kappa shape index (κ2) is 8.26. The monoisotopic (exact) mass is 392 g/mol. The minimum absolute atomic E-state index is 0.104. The number of piperidine rings is 1. The number of hydrogen-bond acceptors (Lipinski definition) is 3. The van der Waals surface area contributed by atoms with Gasteiger partial charge in [-0.05, 0) is 48.2 Å². The summed E-state index contributed by atoms with van der Waals surface area (Å²) in [7, 11) is 0. The molecule has 2 heterocycles. The van der Waals surface area contributed by atoms with Crippen LogP contribution >= 0.6 is 0 Å². The van der Waals surface area contributed by atoms with Crippen molar-refractivity contribution in [1.29, 1.82) is 0 Å². The summed E-state index contributed by atoms with van der Waals surface area (Å²) in [4.78, 5) is 26.9. The van der Waals surface area contributed by atoms with Crippen LogP contribution in [-0.4, -0.2) is 40.0 Å². The van der Waals surface area contributed by atoms with Crippen molar-refractivity contribution in [2.45, 2.75) is 12.8 Å². The van der Waals surface area contributed by atoms with Crippen LogP contribution in [0.3, 0.4) is 0 Å². The molecule has 3 aromatic rings. The quantitative estimate of drug-likeness (QED) is 0.711. The van der Waals surface area contributed by atoms with Crippen molar-refractivity contribution in [3.8, 4) is 11.1 Å². The number of aromatic nitrogens is 2. The van der Waals surface area contributed by atoms with Crippen molar-refractivity contribution in [1.82, 2.24) is 15.1 Å².